The first-order valence-electron chi connectivity index (χ1n) is 10.2. The highest BCUT2D eigenvalue weighted by Gasteiger charge is 2.62. The predicted octanol–water partition coefficient (Wildman–Crippen LogP) is 3.03. The van der Waals surface area contributed by atoms with Gasteiger partial charge in [-0.1, -0.05) is 45.9 Å². The maximum absolute atomic E-state index is 12.8. The number of amides is 3. The molecule has 3 saturated heterocycles. The van der Waals surface area contributed by atoms with Crippen molar-refractivity contribution in [1.82, 2.24) is 4.90 Å². The van der Waals surface area contributed by atoms with Gasteiger partial charge < -0.3 is 10.1 Å². The largest absolute Gasteiger partial charge is 0.373 e. The topological polar surface area (TPSA) is 75.7 Å². The molecule has 3 aliphatic rings. The van der Waals surface area contributed by atoms with E-state index < -0.39 is 11.8 Å². The smallest absolute Gasteiger partial charge is 0.244 e. The molecule has 3 heterocycles. The van der Waals surface area contributed by atoms with Crippen molar-refractivity contribution in [3.63, 3.8) is 0 Å². The minimum absolute atomic E-state index is 0.159. The summed E-state index contributed by atoms with van der Waals surface area (Å²) in [4.78, 5) is 39.5. The molecule has 2 bridgehead atoms. The van der Waals surface area contributed by atoms with Crippen molar-refractivity contribution in [2.45, 2.75) is 64.6 Å². The van der Waals surface area contributed by atoms with Crippen LogP contribution in [0.15, 0.2) is 18.2 Å². The van der Waals surface area contributed by atoms with E-state index in [1.807, 2.05) is 18.2 Å². The molecule has 28 heavy (non-hydrogen) atoms. The summed E-state index contributed by atoms with van der Waals surface area (Å²) in [7, 11) is 0. The van der Waals surface area contributed by atoms with Crippen LogP contribution in [0.2, 0.25) is 0 Å². The molecule has 1 N–H and O–H groups in total. The van der Waals surface area contributed by atoms with Gasteiger partial charge >= 0.3 is 0 Å². The SMILES string of the molecule is CC(C)c1cccc(C(C)C)c1NC(=O)CN1C(=O)[C@@H]2[C@H](C1=O)[C@H]1CC[C@H]2O1. The number of benzene rings is 1. The highest BCUT2D eigenvalue weighted by Crippen LogP contribution is 2.48. The van der Waals surface area contributed by atoms with Crippen molar-refractivity contribution >= 4 is 23.4 Å². The van der Waals surface area contributed by atoms with Gasteiger partial charge in [-0.2, -0.15) is 0 Å². The van der Waals surface area contributed by atoms with Crippen LogP contribution in [0, 0.1) is 11.8 Å². The van der Waals surface area contributed by atoms with Gasteiger partial charge in [-0.3, -0.25) is 19.3 Å². The van der Waals surface area contributed by atoms with Crippen LogP contribution in [0.25, 0.3) is 0 Å². The predicted molar refractivity (Wildman–Crippen MR) is 105 cm³/mol. The summed E-state index contributed by atoms with van der Waals surface area (Å²) in [6.45, 7) is 8.10. The zero-order valence-corrected chi connectivity index (χ0v) is 16.9. The Kier molecular flexibility index (Phi) is 4.78. The first kappa shape index (κ1) is 19.1. The van der Waals surface area contributed by atoms with Gasteiger partial charge in [-0.25, -0.2) is 0 Å². The summed E-state index contributed by atoms with van der Waals surface area (Å²) in [6, 6.07) is 6.03. The number of hydrogen-bond donors (Lipinski definition) is 1. The second-order valence-corrected chi connectivity index (χ2v) is 8.77. The van der Waals surface area contributed by atoms with Crippen molar-refractivity contribution in [3.05, 3.63) is 29.3 Å². The van der Waals surface area contributed by atoms with Gasteiger partial charge in [0.25, 0.3) is 0 Å². The summed E-state index contributed by atoms with van der Waals surface area (Å²) in [5, 5.41) is 3.00. The first-order valence-corrected chi connectivity index (χ1v) is 10.2. The Morgan fingerprint density at radius 2 is 1.54 bits per heavy atom. The average Bonchev–Trinajstić information content (AvgIpc) is 3.31. The third kappa shape index (κ3) is 2.94. The third-order valence-corrected chi connectivity index (χ3v) is 6.31. The molecule has 3 aliphatic heterocycles. The molecule has 4 rings (SSSR count). The Balaban J connectivity index is 1.53. The van der Waals surface area contributed by atoms with E-state index in [0.717, 1.165) is 34.6 Å². The van der Waals surface area contributed by atoms with Crippen molar-refractivity contribution in [3.8, 4) is 0 Å². The normalized spacial score (nSPS) is 28.6. The van der Waals surface area contributed by atoms with Gasteiger partial charge in [-0.15, -0.1) is 0 Å². The van der Waals surface area contributed by atoms with Crippen molar-refractivity contribution < 1.29 is 19.1 Å². The third-order valence-electron chi connectivity index (χ3n) is 6.31. The van der Waals surface area contributed by atoms with Gasteiger partial charge in [-0.05, 0) is 35.8 Å². The number of carbonyl (C=O) groups excluding carboxylic acids is 3. The van der Waals surface area contributed by atoms with Crippen LogP contribution >= 0.6 is 0 Å². The minimum atomic E-state index is -0.395. The second-order valence-electron chi connectivity index (χ2n) is 8.77. The highest BCUT2D eigenvalue weighted by molar-refractivity contribution is 6.09. The van der Waals surface area contributed by atoms with E-state index in [-0.39, 0.29) is 48.3 Å². The molecule has 0 aliphatic carbocycles. The second kappa shape index (κ2) is 6.99. The molecule has 4 atom stereocenters. The quantitative estimate of drug-likeness (QED) is 0.792. The molecule has 0 radical (unpaired) electrons. The number of imide groups is 1. The van der Waals surface area contributed by atoms with Gasteiger partial charge in [0.05, 0.1) is 24.0 Å². The maximum atomic E-state index is 12.8. The van der Waals surface area contributed by atoms with Crippen LogP contribution in [-0.4, -0.2) is 41.4 Å². The Morgan fingerprint density at radius 3 is 2.00 bits per heavy atom. The molecule has 0 aromatic heterocycles. The number of ether oxygens (including phenoxy) is 1. The number of anilines is 1. The number of para-hydroxylation sites is 1. The lowest BCUT2D eigenvalue weighted by molar-refractivity contribution is -0.145. The van der Waals surface area contributed by atoms with E-state index in [0.29, 0.717) is 0 Å². The molecule has 3 fully saturated rings. The number of carbonyl (C=O) groups is 3. The summed E-state index contributed by atoms with van der Waals surface area (Å²) in [5.41, 5.74) is 2.92. The molecular formula is C22H28N2O4. The molecule has 150 valence electrons. The summed E-state index contributed by atoms with van der Waals surface area (Å²) < 4.78 is 5.74. The number of hydrogen-bond acceptors (Lipinski definition) is 4. The summed E-state index contributed by atoms with van der Waals surface area (Å²) in [6.07, 6.45) is 1.33. The van der Waals surface area contributed by atoms with E-state index >= 15 is 0 Å². The van der Waals surface area contributed by atoms with E-state index in [2.05, 4.69) is 33.0 Å². The minimum Gasteiger partial charge on any atom is -0.373 e. The lowest BCUT2D eigenvalue weighted by Gasteiger charge is -2.22. The van der Waals surface area contributed by atoms with Crippen LogP contribution in [0.3, 0.4) is 0 Å². The van der Waals surface area contributed by atoms with Crippen LogP contribution in [0.5, 0.6) is 0 Å². The first-order chi connectivity index (χ1) is 13.3. The van der Waals surface area contributed by atoms with Gasteiger partial charge in [0.1, 0.15) is 6.54 Å². The van der Waals surface area contributed by atoms with Crippen LogP contribution in [-0.2, 0) is 19.1 Å². The van der Waals surface area contributed by atoms with E-state index in [1.54, 1.807) is 0 Å². The maximum Gasteiger partial charge on any atom is 0.244 e. The molecule has 6 heteroatoms. The van der Waals surface area contributed by atoms with Crippen molar-refractivity contribution in [2.75, 3.05) is 11.9 Å². The molecule has 0 spiro atoms. The fourth-order valence-corrected chi connectivity index (χ4v) is 4.95. The van der Waals surface area contributed by atoms with E-state index in [9.17, 15) is 14.4 Å². The standard InChI is InChI=1S/C22H28N2O4/c1-11(2)13-6-5-7-14(12(3)4)20(13)23-17(25)10-24-21(26)18-15-8-9-16(28-15)19(18)22(24)27/h5-7,11-12,15-16,18-19H,8-10H2,1-4H3,(H,23,25)/t15-,16-,18-,19+/m1/s1. The molecular weight excluding hydrogens is 356 g/mol. The van der Waals surface area contributed by atoms with Gasteiger partial charge in [0.2, 0.25) is 17.7 Å². The number of fused-ring (bicyclic) bond motifs is 5. The molecule has 1 aromatic carbocycles. The molecule has 6 nitrogen and oxygen atoms in total. The zero-order chi connectivity index (χ0) is 20.2. The Morgan fingerprint density at radius 1 is 1.04 bits per heavy atom. The lowest BCUT2D eigenvalue weighted by atomic mass is 9.81. The number of nitrogens with zero attached hydrogens (tertiary/aromatic N) is 1. The Labute approximate surface area is 165 Å². The molecule has 0 saturated carbocycles. The van der Waals surface area contributed by atoms with Crippen LogP contribution in [0.1, 0.15) is 63.5 Å². The Bertz CT molecular complexity index is 778. The van der Waals surface area contributed by atoms with Crippen LogP contribution in [0.4, 0.5) is 5.69 Å². The Hall–Kier alpha value is -2.21. The number of nitrogens with one attached hydrogen (secondary N) is 1. The molecule has 0 unspecified atom stereocenters. The fraction of sp³-hybridized carbons (Fsp3) is 0.591. The fourth-order valence-electron chi connectivity index (χ4n) is 4.95. The number of rotatable bonds is 5. The number of likely N-dealkylation sites (tertiary alicyclic amines) is 1. The van der Waals surface area contributed by atoms with Crippen LogP contribution < -0.4 is 5.32 Å². The monoisotopic (exact) mass is 384 g/mol. The van der Waals surface area contributed by atoms with E-state index in [1.165, 1.54) is 0 Å². The zero-order valence-electron chi connectivity index (χ0n) is 16.9. The molecule has 1 aromatic rings. The summed E-state index contributed by atoms with van der Waals surface area (Å²) in [5.74, 6) is -1.13. The van der Waals surface area contributed by atoms with Crippen molar-refractivity contribution in [2.24, 2.45) is 11.8 Å². The summed E-state index contributed by atoms with van der Waals surface area (Å²) >= 11 is 0. The van der Waals surface area contributed by atoms with E-state index in [4.69, 9.17) is 4.74 Å². The van der Waals surface area contributed by atoms with Gasteiger partial charge in [0, 0.05) is 5.69 Å². The van der Waals surface area contributed by atoms with Crippen molar-refractivity contribution in [1.29, 1.82) is 0 Å². The average molecular weight is 384 g/mol. The lowest BCUT2D eigenvalue weighted by Crippen LogP contribution is -2.40. The van der Waals surface area contributed by atoms with Gasteiger partial charge in [0.15, 0.2) is 0 Å². The molecule has 3 amide bonds. The highest BCUT2D eigenvalue weighted by atomic mass is 16.5.